The highest BCUT2D eigenvalue weighted by Crippen LogP contribution is 2.02. The highest BCUT2D eigenvalue weighted by molar-refractivity contribution is 5.28. The normalized spacial score (nSPS) is 12.9. The third kappa shape index (κ3) is 4.38. The maximum Gasteiger partial charge on any atom is 0.111 e. The van der Waals surface area contributed by atoms with Gasteiger partial charge in [0, 0.05) is 0 Å². The van der Waals surface area contributed by atoms with Gasteiger partial charge in [0.1, 0.15) is 6.67 Å². The lowest BCUT2D eigenvalue weighted by atomic mass is 10.2. The van der Waals surface area contributed by atoms with Crippen LogP contribution >= 0.6 is 0 Å². The molecule has 0 aromatic heterocycles. The van der Waals surface area contributed by atoms with Crippen LogP contribution in [-0.4, -0.2) is 6.67 Å². The summed E-state index contributed by atoms with van der Waals surface area (Å²) in [6, 6.07) is 0. The fraction of sp³-hybridized carbons (Fsp3) is 0.400. The van der Waals surface area contributed by atoms with Crippen molar-refractivity contribution in [1.82, 2.24) is 0 Å². The lowest BCUT2D eigenvalue weighted by molar-refractivity contribution is 0.535. The fourth-order valence-corrected chi connectivity index (χ4v) is 0.548. The van der Waals surface area contributed by atoms with Crippen LogP contribution in [0.15, 0.2) is 23.3 Å². The van der Waals surface area contributed by atoms with E-state index in [9.17, 15) is 4.39 Å². The average Bonchev–Trinajstić information content (AvgIpc) is 2.06. The molecule has 0 aliphatic rings. The third-order valence-corrected chi connectivity index (χ3v) is 1.42. The first-order valence-electron chi connectivity index (χ1n) is 3.63. The summed E-state index contributed by atoms with van der Waals surface area (Å²) >= 11 is 0. The van der Waals surface area contributed by atoms with Crippen molar-refractivity contribution in [2.75, 3.05) is 6.67 Å². The van der Waals surface area contributed by atoms with Crippen LogP contribution in [0.1, 0.15) is 20.3 Å². The zero-order chi connectivity index (χ0) is 8.69. The van der Waals surface area contributed by atoms with Gasteiger partial charge in [0.2, 0.25) is 0 Å². The fourth-order valence-electron chi connectivity index (χ4n) is 0.548. The molecular weight excluding hydrogens is 139 g/mol. The maximum absolute atomic E-state index is 12.1. The Labute approximate surface area is 67.8 Å². The number of hydrogen-bond acceptors (Lipinski definition) is 0. The van der Waals surface area contributed by atoms with E-state index in [0.29, 0.717) is 0 Å². The van der Waals surface area contributed by atoms with Crippen molar-refractivity contribution >= 4 is 0 Å². The lowest BCUT2D eigenvalue weighted by Gasteiger charge is -1.93. The Morgan fingerprint density at radius 2 is 2.18 bits per heavy atom. The van der Waals surface area contributed by atoms with Gasteiger partial charge in [0.15, 0.2) is 0 Å². The molecule has 0 atom stereocenters. The van der Waals surface area contributed by atoms with Crippen molar-refractivity contribution in [3.63, 3.8) is 0 Å². The second-order valence-electron chi connectivity index (χ2n) is 2.31. The van der Waals surface area contributed by atoms with E-state index in [4.69, 9.17) is 6.42 Å². The molecule has 0 saturated carbocycles. The number of allylic oxidation sites excluding steroid dienone is 4. The largest absolute Gasteiger partial charge is 0.246 e. The Balaban J connectivity index is 4.21. The number of terminal acetylenes is 1. The van der Waals surface area contributed by atoms with Crippen LogP contribution in [0.3, 0.4) is 0 Å². The maximum atomic E-state index is 12.1. The standard InChI is InChI=1S/C10H13F/c1-4-9(3)6-7-10(5-2)8-11/h1,6-7H,5,8H2,2-3H3/b9-6-,10-7-. The van der Waals surface area contributed by atoms with Crippen LogP contribution in [0.4, 0.5) is 4.39 Å². The molecule has 0 aromatic carbocycles. The second-order valence-corrected chi connectivity index (χ2v) is 2.31. The van der Waals surface area contributed by atoms with Gasteiger partial charge in [0.05, 0.1) is 0 Å². The van der Waals surface area contributed by atoms with E-state index in [1.807, 2.05) is 13.8 Å². The molecule has 0 rings (SSSR count). The van der Waals surface area contributed by atoms with Crippen molar-refractivity contribution in [2.24, 2.45) is 0 Å². The van der Waals surface area contributed by atoms with Crippen molar-refractivity contribution in [3.05, 3.63) is 23.3 Å². The zero-order valence-corrected chi connectivity index (χ0v) is 7.02. The molecule has 0 spiro atoms. The predicted molar refractivity (Wildman–Crippen MR) is 46.9 cm³/mol. The SMILES string of the molecule is C#C/C(C)=C\C=C(\CC)CF. The van der Waals surface area contributed by atoms with Crippen molar-refractivity contribution in [3.8, 4) is 12.3 Å². The van der Waals surface area contributed by atoms with E-state index in [2.05, 4.69) is 5.92 Å². The van der Waals surface area contributed by atoms with Crippen molar-refractivity contribution < 1.29 is 4.39 Å². The highest BCUT2D eigenvalue weighted by Gasteiger charge is 1.88. The van der Waals surface area contributed by atoms with Crippen LogP contribution in [0.2, 0.25) is 0 Å². The van der Waals surface area contributed by atoms with Gasteiger partial charge in [-0.15, -0.1) is 6.42 Å². The summed E-state index contributed by atoms with van der Waals surface area (Å²) in [5.74, 6) is 2.46. The van der Waals surface area contributed by atoms with Gasteiger partial charge in [-0.3, -0.25) is 0 Å². The molecule has 0 aromatic rings. The molecule has 0 aliphatic heterocycles. The molecule has 0 aliphatic carbocycles. The van der Waals surface area contributed by atoms with E-state index < -0.39 is 0 Å². The Morgan fingerprint density at radius 3 is 2.55 bits per heavy atom. The van der Waals surface area contributed by atoms with E-state index in [0.717, 1.165) is 17.6 Å². The van der Waals surface area contributed by atoms with Gasteiger partial charge in [-0.05, 0) is 24.5 Å². The van der Waals surface area contributed by atoms with Gasteiger partial charge >= 0.3 is 0 Å². The molecule has 0 bridgehead atoms. The molecule has 60 valence electrons. The molecule has 0 heterocycles. The van der Waals surface area contributed by atoms with Gasteiger partial charge in [-0.1, -0.05) is 25.0 Å². The molecule has 11 heavy (non-hydrogen) atoms. The molecule has 0 unspecified atom stereocenters. The Morgan fingerprint density at radius 1 is 1.55 bits per heavy atom. The van der Waals surface area contributed by atoms with Crippen molar-refractivity contribution in [2.45, 2.75) is 20.3 Å². The van der Waals surface area contributed by atoms with E-state index in [1.165, 1.54) is 0 Å². The van der Waals surface area contributed by atoms with Crippen LogP contribution in [0.25, 0.3) is 0 Å². The number of halogens is 1. The molecule has 0 N–H and O–H groups in total. The number of rotatable bonds is 3. The minimum Gasteiger partial charge on any atom is -0.246 e. The molecule has 0 saturated heterocycles. The minimum atomic E-state index is -0.384. The molecule has 0 amide bonds. The summed E-state index contributed by atoms with van der Waals surface area (Å²) in [5, 5.41) is 0. The van der Waals surface area contributed by atoms with Gasteiger partial charge in [0.25, 0.3) is 0 Å². The monoisotopic (exact) mass is 152 g/mol. The summed E-state index contributed by atoms with van der Waals surface area (Å²) in [5.41, 5.74) is 1.60. The molecule has 1 heteroatoms. The summed E-state index contributed by atoms with van der Waals surface area (Å²) in [7, 11) is 0. The number of hydrogen-bond donors (Lipinski definition) is 0. The van der Waals surface area contributed by atoms with E-state index in [-0.39, 0.29) is 6.67 Å². The van der Waals surface area contributed by atoms with Crippen LogP contribution in [0, 0.1) is 12.3 Å². The second kappa shape index (κ2) is 5.73. The van der Waals surface area contributed by atoms with Gasteiger partial charge in [-0.25, -0.2) is 4.39 Å². The van der Waals surface area contributed by atoms with Gasteiger partial charge < -0.3 is 0 Å². The Kier molecular flexibility index (Phi) is 5.20. The minimum absolute atomic E-state index is 0.384. The van der Waals surface area contributed by atoms with Crippen LogP contribution in [-0.2, 0) is 0 Å². The zero-order valence-electron chi connectivity index (χ0n) is 7.02. The predicted octanol–water partition coefficient (Wildman–Crippen LogP) is 2.87. The first-order chi connectivity index (χ1) is 5.24. The van der Waals surface area contributed by atoms with E-state index in [1.54, 1.807) is 12.2 Å². The highest BCUT2D eigenvalue weighted by atomic mass is 19.1. The van der Waals surface area contributed by atoms with Gasteiger partial charge in [-0.2, -0.15) is 0 Å². The van der Waals surface area contributed by atoms with Crippen LogP contribution < -0.4 is 0 Å². The first-order valence-corrected chi connectivity index (χ1v) is 3.63. The molecule has 0 radical (unpaired) electrons. The Hall–Kier alpha value is -1.03. The summed E-state index contributed by atoms with van der Waals surface area (Å²) in [6.45, 7) is 3.36. The summed E-state index contributed by atoms with van der Waals surface area (Å²) in [6.07, 6.45) is 9.35. The lowest BCUT2D eigenvalue weighted by Crippen LogP contribution is -1.81. The van der Waals surface area contributed by atoms with Crippen LogP contribution in [0.5, 0.6) is 0 Å². The molecule has 0 fully saturated rings. The number of alkyl halides is 1. The average molecular weight is 152 g/mol. The molecule has 0 nitrogen and oxygen atoms in total. The summed E-state index contributed by atoms with van der Waals surface area (Å²) < 4.78 is 12.1. The van der Waals surface area contributed by atoms with E-state index >= 15 is 0 Å². The van der Waals surface area contributed by atoms with Crippen molar-refractivity contribution in [1.29, 1.82) is 0 Å². The first kappa shape index (κ1) is 9.97. The topological polar surface area (TPSA) is 0 Å². The quantitative estimate of drug-likeness (QED) is 0.431. The third-order valence-electron chi connectivity index (χ3n) is 1.42. The smallest absolute Gasteiger partial charge is 0.111 e. The molecular formula is C10H13F. The summed E-state index contributed by atoms with van der Waals surface area (Å²) in [4.78, 5) is 0. The Bertz CT molecular complexity index is 197.